The Balaban J connectivity index is 0.000000880. The molecule has 4 nitrogen and oxygen atoms in total. The van der Waals surface area contributed by atoms with Crippen molar-refractivity contribution >= 4 is 65.8 Å². The van der Waals surface area contributed by atoms with Crippen molar-refractivity contribution in [2.24, 2.45) is 0 Å². The highest BCUT2D eigenvalue weighted by molar-refractivity contribution is 9.10. The summed E-state index contributed by atoms with van der Waals surface area (Å²) in [5.41, 5.74) is 3.30. The van der Waals surface area contributed by atoms with Gasteiger partial charge < -0.3 is 10.3 Å². The highest BCUT2D eigenvalue weighted by Crippen LogP contribution is 2.33. The van der Waals surface area contributed by atoms with Crippen molar-refractivity contribution in [1.82, 2.24) is 15.0 Å². The zero-order valence-corrected chi connectivity index (χ0v) is 17.1. The van der Waals surface area contributed by atoms with Crippen LogP contribution in [0.4, 0.5) is 5.82 Å². The lowest BCUT2D eigenvalue weighted by Gasteiger charge is -2.06. The molecule has 0 atom stereocenters. The van der Waals surface area contributed by atoms with Crippen LogP contribution < -0.4 is 5.32 Å². The summed E-state index contributed by atoms with van der Waals surface area (Å²) in [4.78, 5) is 11.9. The van der Waals surface area contributed by atoms with E-state index in [-0.39, 0.29) is 5.28 Å². The number of aromatic amines is 1. The minimum absolute atomic E-state index is 0.256. The van der Waals surface area contributed by atoms with Crippen molar-refractivity contribution in [1.29, 1.82) is 0 Å². The Morgan fingerprint density at radius 1 is 1.24 bits per heavy atom. The summed E-state index contributed by atoms with van der Waals surface area (Å²) in [6, 6.07) is 8.32. The number of halogens is 2. The molecule has 0 aliphatic heterocycles. The van der Waals surface area contributed by atoms with Crippen LogP contribution in [0.1, 0.15) is 19.4 Å². The van der Waals surface area contributed by atoms with E-state index in [0.717, 1.165) is 39.0 Å². The fourth-order valence-electron chi connectivity index (χ4n) is 2.64. The second kappa shape index (κ2) is 8.17. The molecular formula is C18H18BrClN4S. The van der Waals surface area contributed by atoms with Gasteiger partial charge in [-0.05, 0) is 45.6 Å². The average Bonchev–Trinajstić information content (AvgIpc) is 3.21. The van der Waals surface area contributed by atoms with Gasteiger partial charge in [-0.3, -0.25) is 0 Å². The second-order valence-electron chi connectivity index (χ2n) is 5.14. The van der Waals surface area contributed by atoms with Gasteiger partial charge in [-0.2, -0.15) is 4.98 Å². The highest BCUT2D eigenvalue weighted by atomic mass is 79.9. The van der Waals surface area contributed by atoms with E-state index >= 15 is 0 Å². The molecule has 2 N–H and O–H groups in total. The first-order chi connectivity index (χ1) is 12.2. The molecule has 7 heteroatoms. The summed E-state index contributed by atoms with van der Waals surface area (Å²) >= 11 is 11.1. The Bertz CT molecular complexity index is 995. The lowest BCUT2D eigenvalue weighted by molar-refractivity contribution is 1.01. The van der Waals surface area contributed by atoms with Crippen LogP contribution in [0.15, 0.2) is 40.3 Å². The van der Waals surface area contributed by atoms with Gasteiger partial charge in [-0.1, -0.05) is 32.0 Å². The van der Waals surface area contributed by atoms with Gasteiger partial charge in [0.15, 0.2) is 0 Å². The van der Waals surface area contributed by atoms with E-state index < -0.39 is 0 Å². The van der Waals surface area contributed by atoms with Crippen molar-refractivity contribution < 1.29 is 0 Å². The molecule has 0 unspecified atom stereocenters. The molecule has 0 radical (unpaired) electrons. The number of hydrogen-bond acceptors (Lipinski definition) is 4. The molecule has 1 aromatic carbocycles. The van der Waals surface area contributed by atoms with Crippen LogP contribution in [-0.4, -0.2) is 21.5 Å². The standard InChI is InChI=1S/C16H12BrClN4S.C2H6/c17-11-8-23-14-13(11)21-16(18)22-15(14)19-6-5-9-7-20-12-4-2-1-3-10(9)12;1-2/h1-4,7-8,20H,5-6H2,(H,19,21,22);1-2H3. The van der Waals surface area contributed by atoms with Crippen molar-refractivity contribution in [2.45, 2.75) is 20.3 Å². The monoisotopic (exact) mass is 436 g/mol. The minimum Gasteiger partial charge on any atom is -0.368 e. The number of hydrogen-bond donors (Lipinski definition) is 2. The molecule has 3 heterocycles. The number of rotatable bonds is 4. The predicted octanol–water partition coefficient (Wildman–Crippen LogP) is 6.27. The molecule has 4 rings (SSSR count). The van der Waals surface area contributed by atoms with E-state index in [1.807, 2.05) is 25.3 Å². The Morgan fingerprint density at radius 3 is 2.88 bits per heavy atom. The van der Waals surface area contributed by atoms with Crippen LogP contribution in [0.5, 0.6) is 0 Å². The van der Waals surface area contributed by atoms with Crippen LogP contribution in [0, 0.1) is 0 Å². The van der Waals surface area contributed by atoms with E-state index in [1.54, 1.807) is 11.3 Å². The number of nitrogens with zero attached hydrogens (tertiary/aromatic N) is 2. The summed E-state index contributed by atoms with van der Waals surface area (Å²) < 4.78 is 1.96. The normalized spacial score (nSPS) is 10.7. The number of aromatic nitrogens is 3. The zero-order valence-electron chi connectivity index (χ0n) is 13.9. The molecule has 4 aromatic rings. The molecule has 0 saturated carbocycles. The Kier molecular flexibility index (Phi) is 5.93. The first-order valence-electron chi connectivity index (χ1n) is 8.11. The van der Waals surface area contributed by atoms with Crippen LogP contribution in [0.25, 0.3) is 21.1 Å². The molecule has 0 spiro atoms. The lowest BCUT2D eigenvalue weighted by Crippen LogP contribution is -2.06. The maximum absolute atomic E-state index is 6.03. The van der Waals surface area contributed by atoms with E-state index in [1.165, 1.54) is 10.9 Å². The number of nitrogens with one attached hydrogen (secondary N) is 2. The third-order valence-corrected chi connectivity index (χ3v) is 5.76. The maximum atomic E-state index is 6.03. The minimum atomic E-state index is 0.256. The van der Waals surface area contributed by atoms with E-state index in [2.05, 4.69) is 60.6 Å². The van der Waals surface area contributed by atoms with Gasteiger partial charge in [0.05, 0.1) is 9.17 Å². The quantitative estimate of drug-likeness (QED) is 0.370. The van der Waals surface area contributed by atoms with Gasteiger partial charge in [0.1, 0.15) is 11.3 Å². The number of thiophene rings is 1. The fourth-order valence-corrected chi connectivity index (χ4v) is 4.33. The Hall–Kier alpha value is -1.63. The lowest BCUT2D eigenvalue weighted by atomic mass is 10.1. The number of anilines is 1. The Labute approximate surface area is 163 Å². The molecule has 0 bridgehead atoms. The molecule has 0 aliphatic carbocycles. The van der Waals surface area contributed by atoms with Gasteiger partial charge in [-0.15, -0.1) is 11.3 Å². The van der Waals surface area contributed by atoms with Crippen molar-refractivity contribution in [3.05, 3.63) is 51.2 Å². The summed E-state index contributed by atoms with van der Waals surface area (Å²) in [5.74, 6) is 0.788. The molecular weight excluding hydrogens is 420 g/mol. The van der Waals surface area contributed by atoms with Crippen LogP contribution in [-0.2, 0) is 6.42 Å². The summed E-state index contributed by atoms with van der Waals surface area (Å²) in [6.07, 6.45) is 2.97. The number of para-hydroxylation sites is 1. The Morgan fingerprint density at radius 2 is 2.04 bits per heavy atom. The average molecular weight is 438 g/mol. The van der Waals surface area contributed by atoms with Crippen LogP contribution in [0.3, 0.4) is 0 Å². The highest BCUT2D eigenvalue weighted by Gasteiger charge is 2.11. The van der Waals surface area contributed by atoms with Gasteiger partial charge in [0, 0.05) is 29.0 Å². The molecule has 25 heavy (non-hydrogen) atoms. The first-order valence-corrected chi connectivity index (χ1v) is 10.2. The number of H-pyrrole nitrogens is 1. The molecule has 0 fully saturated rings. The zero-order chi connectivity index (χ0) is 17.8. The summed E-state index contributed by atoms with van der Waals surface area (Å²) in [6.45, 7) is 4.78. The largest absolute Gasteiger partial charge is 0.368 e. The topological polar surface area (TPSA) is 53.6 Å². The van der Waals surface area contributed by atoms with Crippen molar-refractivity contribution in [3.63, 3.8) is 0 Å². The fraction of sp³-hybridized carbons (Fsp3) is 0.222. The van der Waals surface area contributed by atoms with E-state index in [0.29, 0.717) is 0 Å². The maximum Gasteiger partial charge on any atom is 0.225 e. The summed E-state index contributed by atoms with van der Waals surface area (Å²) in [5, 5.41) is 6.90. The number of benzene rings is 1. The van der Waals surface area contributed by atoms with Crippen molar-refractivity contribution in [2.75, 3.05) is 11.9 Å². The predicted molar refractivity (Wildman–Crippen MR) is 112 cm³/mol. The third kappa shape index (κ3) is 3.81. The van der Waals surface area contributed by atoms with Crippen LogP contribution >= 0.6 is 38.9 Å². The SMILES string of the molecule is CC.Clc1nc(NCCc2c[nH]c3ccccc23)c2scc(Br)c2n1. The van der Waals surface area contributed by atoms with E-state index in [4.69, 9.17) is 11.6 Å². The second-order valence-corrected chi connectivity index (χ2v) is 7.21. The smallest absolute Gasteiger partial charge is 0.225 e. The molecule has 130 valence electrons. The molecule has 0 amide bonds. The molecule has 3 aromatic heterocycles. The first kappa shape index (κ1) is 18.2. The van der Waals surface area contributed by atoms with Gasteiger partial charge in [-0.25, -0.2) is 4.98 Å². The summed E-state index contributed by atoms with van der Waals surface area (Å²) in [7, 11) is 0. The van der Waals surface area contributed by atoms with Gasteiger partial charge in [0.25, 0.3) is 0 Å². The number of fused-ring (bicyclic) bond motifs is 2. The van der Waals surface area contributed by atoms with E-state index in [9.17, 15) is 0 Å². The molecule has 0 aliphatic rings. The molecule has 0 saturated heterocycles. The third-order valence-electron chi connectivity index (χ3n) is 3.71. The van der Waals surface area contributed by atoms with Crippen molar-refractivity contribution in [3.8, 4) is 0 Å². The van der Waals surface area contributed by atoms with Gasteiger partial charge in [0.2, 0.25) is 5.28 Å². The van der Waals surface area contributed by atoms with Gasteiger partial charge >= 0.3 is 0 Å². The van der Waals surface area contributed by atoms with Crippen LogP contribution in [0.2, 0.25) is 5.28 Å².